The van der Waals surface area contributed by atoms with Gasteiger partial charge in [-0.25, -0.2) is 0 Å². The summed E-state index contributed by atoms with van der Waals surface area (Å²) >= 11 is 0. The number of nitrogens with two attached hydrogens (primary N) is 1. The summed E-state index contributed by atoms with van der Waals surface area (Å²) in [4.78, 5) is 0. The summed E-state index contributed by atoms with van der Waals surface area (Å²) in [5.74, 6) is 0.888. The molecule has 1 aliphatic carbocycles. The van der Waals surface area contributed by atoms with Gasteiger partial charge in [0.15, 0.2) is 0 Å². The fourth-order valence-corrected chi connectivity index (χ4v) is 1.73. The summed E-state index contributed by atoms with van der Waals surface area (Å²) in [6.07, 6.45) is 2.13. The zero-order chi connectivity index (χ0) is 9.97. The Morgan fingerprint density at radius 3 is 2.86 bits per heavy atom. The molecule has 14 heavy (non-hydrogen) atoms. The minimum absolute atomic E-state index is 0.387. The highest BCUT2D eigenvalue weighted by atomic mass is 16.5. The van der Waals surface area contributed by atoms with Crippen molar-refractivity contribution in [3.8, 4) is 5.75 Å². The van der Waals surface area contributed by atoms with Crippen LogP contribution < -0.4 is 15.8 Å². The van der Waals surface area contributed by atoms with Crippen molar-refractivity contribution in [1.82, 2.24) is 0 Å². The van der Waals surface area contributed by atoms with Gasteiger partial charge in [0.1, 0.15) is 5.75 Å². The Balaban J connectivity index is 1.95. The quantitative estimate of drug-likeness (QED) is 0.764. The third-order valence-corrected chi connectivity index (χ3v) is 2.62. The average molecular weight is 192 g/mol. The Hall–Kier alpha value is -1.22. The lowest BCUT2D eigenvalue weighted by Gasteiger charge is -2.33. The molecular formula is C11H16N2O. The van der Waals surface area contributed by atoms with E-state index in [9.17, 15) is 0 Å². The van der Waals surface area contributed by atoms with Gasteiger partial charge in [0.2, 0.25) is 0 Å². The maximum atomic E-state index is 5.71. The molecular weight excluding hydrogens is 176 g/mol. The highest BCUT2D eigenvalue weighted by Gasteiger charge is 2.25. The minimum Gasteiger partial charge on any atom is -0.497 e. The highest BCUT2D eigenvalue weighted by molar-refractivity contribution is 5.49. The molecule has 0 heterocycles. The molecule has 1 aromatic rings. The molecule has 0 aromatic heterocycles. The van der Waals surface area contributed by atoms with Crippen molar-refractivity contribution in [2.45, 2.75) is 24.9 Å². The first-order valence-corrected chi connectivity index (χ1v) is 4.94. The molecule has 0 spiro atoms. The normalized spacial score (nSPS) is 25.3. The third-order valence-electron chi connectivity index (χ3n) is 2.62. The summed E-state index contributed by atoms with van der Waals surface area (Å²) < 4.78 is 5.14. The summed E-state index contributed by atoms with van der Waals surface area (Å²) in [5, 5.41) is 3.42. The molecule has 0 atom stereocenters. The van der Waals surface area contributed by atoms with Gasteiger partial charge in [-0.3, -0.25) is 0 Å². The second-order valence-electron chi connectivity index (χ2n) is 3.80. The number of nitrogens with one attached hydrogen (secondary N) is 1. The number of benzene rings is 1. The number of hydrogen-bond donors (Lipinski definition) is 2. The van der Waals surface area contributed by atoms with Crippen LogP contribution in [0.25, 0.3) is 0 Å². The van der Waals surface area contributed by atoms with Crippen LogP contribution in [0.4, 0.5) is 5.69 Å². The van der Waals surface area contributed by atoms with Gasteiger partial charge >= 0.3 is 0 Å². The highest BCUT2D eigenvalue weighted by Crippen LogP contribution is 2.24. The van der Waals surface area contributed by atoms with Crippen molar-refractivity contribution in [1.29, 1.82) is 0 Å². The van der Waals surface area contributed by atoms with E-state index >= 15 is 0 Å². The van der Waals surface area contributed by atoms with Crippen molar-refractivity contribution in [3.05, 3.63) is 24.3 Å². The predicted octanol–water partition coefficient (Wildman–Crippen LogP) is 1.60. The molecule has 3 N–H and O–H groups in total. The average Bonchev–Trinajstić information content (AvgIpc) is 2.16. The second-order valence-corrected chi connectivity index (χ2v) is 3.80. The predicted molar refractivity (Wildman–Crippen MR) is 57.6 cm³/mol. The van der Waals surface area contributed by atoms with Crippen LogP contribution in [0.1, 0.15) is 12.8 Å². The fourth-order valence-electron chi connectivity index (χ4n) is 1.73. The van der Waals surface area contributed by atoms with E-state index in [0.717, 1.165) is 24.3 Å². The van der Waals surface area contributed by atoms with Gasteiger partial charge < -0.3 is 15.8 Å². The number of methoxy groups -OCH3 is 1. The molecule has 0 radical (unpaired) electrons. The van der Waals surface area contributed by atoms with Gasteiger partial charge in [0.25, 0.3) is 0 Å². The largest absolute Gasteiger partial charge is 0.497 e. The van der Waals surface area contributed by atoms with Crippen LogP contribution in [0.3, 0.4) is 0 Å². The van der Waals surface area contributed by atoms with E-state index in [1.807, 2.05) is 24.3 Å². The first-order chi connectivity index (χ1) is 6.78. The molecule has 1 saturated carbocycles. The molecule has 0 amide bonds. The first kappa shape index (κ1) is 9.34. The first-order valence-electron chi connectivity index (χ1n) is 4.94. The monoisotopic (exact) mass is 192 g/mol. The van der Waals surface area contributed by atoms with Crippen LogP contribution in [0.5, 0.6) is 5.75 Å². The van der Waals surface area contributed by atoms with Crippen molar-refractivity contribution >= 4 is 5.69 Å². The van der Waals surface area contributed by atoms with Crippen LogP contribution in [-0.4, -0.2) is 19.2 Å². The Morgan fingerprint density at radius 2 is 2.21 bits per heavy atom. The smallest absolute Gasteiger partial charge is 0.120 e. The SMILES string of the molecule is COc1cccc(NC2CC(N)C2)c1. The zero-order valence-corrected chi connectivity index (χ0v) is 8.36. The summed E-state index contributed by atoms with van der Waals surface area (Å²) in [6, 6.07) is 8.91. The molecule has 1 fully saturated rings. The van der Waals surface area contributed by atoms with Crippen LogP contribution in [0.15, 0.2) is 24.3 Å². The van der Waals surface area contributed by atoms with E-state index in [1.54, 1.807) is 7.11 Å². The van der Waals surface area contributed by atoms with E-state index in [2.05, 4.69) is 5.32 Å². The number of rotatable bonds is 3. The molecule has 1 aromatic carbocycles. The van der Waals surface area contributed by atoms with Crippen molar-refractivity contribution in [3.63, 3.8) is 0 Å². The Labute approximate surface area is 84.3 Å². The second kappa shape index (κ2) is 3.88. The Bertz CT molecular complexity index is 308. The van der Waals surface area contributed by atoms with E-state index in [1.165, 1.54) is 0 Å². The van der Waals surface area contributed by atoms with Gasteiger partial charge in [-0.15, -0.1) is 0 Å². The fraction of sp³-hybridized carbons (Fsp3) is 0.455. The lowest BCUT2D eigenvalue weighted by atomic mass is 9.87. The van der Waals surface area contributed by atoms with Crippen LogP contribution in [0, 0.1) is 0 Å². The maximum absolute atomic E-state index is 5.71. The summed E-state index contributed by atoms with van der Waals surface area (Å²) in [6.45, 7) is 0. The van der Waals surface area contributed by atoms with Crippen molar-refractivity contribution in [2.75, 3.05) is 12.4 Å². The molecule has 0 aliphatic heterocycles. The van der Waals surface area contributed by atoms with Gasteiger partial charge in [-0.2, -0.15) is 0 Å². The zero-order valence-electron chi connectivity index (χ0n) is 8.36. The number of hydrogen-bond acceptors (Lipinski definition) is 3. The van der Waals surface area contributed by atoms with E-state index in [4.69, 9.17) is 10.5 Å². The van der Waals surface area contributed by atoms with Crippen molar-refractivity contribution in [2.24, 2.45) is 5.73 Å². The van der Waals surface area contributed by atoms with E-state index in [-0.39, 0.29) is 0 Å². The molecule has 0 unspecified atom stereocenters. The lowest BCUT2D eigenvalue weighted by Crippen LogP contribution is -2.44. The van der Waals surface area contributed by atoms with Crippen molar-refractivity contribution < 1.29 is 4.74 Å². The maximum Gasteiger partial charge on any atom is 0.120 e. The molecule has 76 valence electrons. The molecule has 0 saturated heterocycles. The van der Waals surface area contributed by atoms with Gasteiger partial charge in [-0.05, 0) is 25.0 Å². The van der Waals surface area contributed by atoms with Crippen LogP contribution in [-0.2, 0) is 0 Å². The van der Waals surface area contributed by atoms with E-state index < -0.39 is 0 Å². The third kappa shape index (κ3) is 1.99. The summed E-state index contributed by atoms with van der Waals surface area (Å²) in [7, 11) is 1.68. The summed E-state index contributed by atoms with van der Waals surface area (Å²) in [5.41, 5.74) is 6.83. The molecule has 2 rings (SSSR count). The molecule has 3 heteroatoms. The van der Waals surface area contributed by atoms with Gasteiger partial charge in [0, 0.05) is 23.8 Å². The van der Waals surface area contributed by atoms with Gasteiger partial charge in [0.05, 0.1) is 7.11 Å². The topological polar surface area (TPSA) is 47.3 Å². The lowest BCUT2D eigenvalue weighted by molar-refractivity contribution is 0.373. The molecule has 1 aliphatic rings. The minimum atomic E-state index is 0.387. The van der Waals surface area contributed by atoms with Gasteiger partial charge in [-0.1, -0.05) is 6.07 Å². The number of anilines is 1. The van der Waals surface area contributed by atoms with E-state index in [0.29, 0.717) is 12.1 Å². The molecule has 3 nitrogen and oxygen atoms in total. The molecule has 0 bridgehead atoms. The van der Waals surface area contributed by atoms with Crippen LogP contribution in [0.2, 0.25) is 0 Å². The Kier molecular flexibility index (Phi) is 2.59. The number of ether oxygens (including phenoxy) is 1. The van der Waals surface area contributed by atoms with Crippen LogP contribution >= 0.6 is 0 Å². The standard InChI is InChI=1S/C11H16N2O/c1-14-11-4-2-3-9(7-11)13-10-5-8(12)6-10/h2-4,7-8,10,13H,5-6,12H2,1H3. The Morgan fingerprint density at radius 1 is 1.43 bits per heavy atom.